The van der Waals surface area contributed by atoms with E-state index in [0.29, 0.717) is 30.4 Å². The van der Waals surface area contributed by atoms with Crippen molar-refractivity contribution in [3.63, 3.8) is 0 Å². The van der Waals surface area contributed by atoms with E-state index in [9.17, 15) is 4.79 Å². The van der Waals surface area contributed by atoms with Gasteiger partial charge in [0, 0.05) is 30.4 Å². The van der Waals surface area contributed by atoms with Gasteiger partial charge in [0.15, 0.2) is 5.82 Å². The number of nitrogens with one attached hydrogen (secondary N) is 1. The molecule has 0 bridgehead atoms. The van der Waals surface area contributed by atoms with Gasteiger partial charge in [0.1, 0.15) is 0 Å². The molecule has 132 valence electrons. The summed E-state index contributed by atoms with van der Waals surface area (Å²) in [5.41, 5.74) is 1.83. The molecule has 1 aromatic heterocycles. The number of tetrazole rings is 1. The fourth-order valence-corrected chi connectivity index (χ4v) is 3.43. The van der Waals surface area contributed by atoms with Gasteiger partial charge in [-0.1, -0.05) is 12.1 Å². The summed E-state index contributed by atoms with van der Waals surface area (Å²) in [6.07, 6.45) is 4.83. The van der Waals surface area contributed by atoms with Crippen LogP contribution in [0.2, 0.25) is 0 Å². The van der Waals surface area contributed by atoms with Gasteiger partial charge >= 0.3 is 0 Å². The second-order valence-corrected chi connectivity index (χ2v) is 7.17. The van der Waals surface area contributed by atoms with E-state index in [1.54, 1.807) is 4.68 Å². The zero-order valence-corrected chi connectivity index (χ0v) is 14.7. The Hall–Kier alpha value is -2.44. The van der Waals surface area contributed by atoms with E-state index in [1.165, 1.54) is 12.8 Å². The predicted molar refractivity (Wildman–Crippen MR) is 94.8 cm³/mol. The van der Waals surface area contributed by atoms with Crippen LogP contribution in [0.1, 0.15) is 32.6 Å². The summed E-state index contributed by atoms with van der Waals surface area (Å²) in [5, 5.41) is 14.8. The summed E-state index contributed by atoms with van der Waals surface area (Å²) in [7, 11) is 1.81. The second kappa shape index (κ2) is 6.46. The number of hydrogen-bond acceptors (Lipinski definition) is 5. The molecule has 2 aromatic rings. The molecule has 1 N–H and O–H groups in total. The molecule has 2 aliphatic rings. The van der Waals surface area contributed by atoms with E-state index in [-0.39, 0.29) is 5.91 Å². The molecule has 7 nitrogen and oxygen atoms in total. The van der Waals surface area contributed by atoms with Gasteiger partial charge in [0.2, 0.25) is 5.91 Å². The quantitative estimate of drug-likeness (QED) is 0.835. The Balaban J connectivity index is 1.42. The van der Waals surface area contributed by atoms with Crippen LogP contribution in [0, 0.1) is 5.92 Å². The van der Waals surface area contributed by atoms with Crippen molar-refractivity contribution in [1.29, 1.82) is 0 Å². The molecular formula is C18H24N6O. The molecular weight excluding hydrogens is 316 g/mol. The van der Waals surface area contributed by atoms with Crippen LogP contribution in [-0.4, -0.2) is 49.6 Å². The molecule has 1 aromatic carbocycles. The summed E-state index contributed by atoms with van der Waals surface area (Å²) < 4.78 is 1.64. The SMILES string of the molecule is CC(C1CC1)N(C(=O)CNc1cccc(-c2nnnn2C)c1)C1CC1. The normalized spacial score (nSPS) is 18.0. The highest BCUT2D eigenvalue weighted by atomic mass is 16.2. The maximum atomic E-state index is 12.8. The number of anilines is 1. The Morgan fingerprint density at radius 3 is 2.80 bits per heavy atom. The Bertz CT molecular complexity index is 764. The van der Waals surface area contributed by atoms with E-state index >= 15 is 0 Å². The summed E-state index contributed by atoms with van der Waals surface area (Å²) in [6, 6.07) is 8.68. The molecule has 0 aliphatic heterocycles. The minimum atomic E-state index is 0.202. The van der Waals surface area contributed by atoms with Gasteiger partial charge < -0.3 is 10.2 Å². The van der Waals surface area contributed by atoms with Crippen LogP contribution in [0.15, 0.2) is 24.3 Å². The number of hydrogen-bond donors (Lipinski definition) is 1. The number of aromatic nitrogens is 4. The van der Waals surface area contributed by atoms with Gasteiger partial charge in [-0.2, -0.15) is 0 Å². The Kier molecular flexibility index (Phi) is 4.15. The molecule has 1 atom stereocenters. The first-order valence-corrected chi connectivity index (χ1v) is 9.01. The number of carbonyl (C=O) groups excluding carboxylic acids is 1. The molecule has 1 amide bonds. The molecule has 2 aliphatic carbocycles. The Labute approximate surface area is 147 Å². The molecule has 1 unspecified atom stereocenters. The largest absolute Gasteiger partial charge is 0.376 e. The van der Waals surface area contributed by atoms with E-state index < -0.39 is 0 Å². The molecule has 4 rings (SSSR count). The van der Waals surface area contributed by atoms with Gasteiger partial charge in [0.05, 0.1) is 6.54 Å². The molecule has 2 saturated carbocycles. The summed E-state index contributed by atoms with van der Waals surface area (Å²) in [6.45, 7) is 2.53. The highest BCUT2D eigenvalue weighted by molar-refractivity contribution is 5.82. The average Bonchev–Trinajstić information content (AvgIpc) is 3.52. The van der Waals surface area contributed by atoms with E-state index in [4.69, 9.17) is 0 Å². The van der Waals surface area contributed by atoms with Crippen LogP contribution < -0.4 is 5.32 Å². The van der Waals surface area contributed by atoms with Gasteiger partial charge in [-0.15, -0.1) is 5.10 Å². The number of benzene rings is 1. The zero-order chi connectivity index (χ0) is 17.4. The lowest BCUT2D eigenvalue weighted by atomic mass is 10.1. The molecule has 7 heteroatoms. The molecule has 0 radical (unpaired) electrons. The second-order valence-electron chi connectivity index (χ2n) is 7.17. The third-order valence-corrected chi connectivity index (χ3v) is 5.16. The fraction of sp³-hybridized carbons (Fsp3) is 0.556. The van der Waals surface area contributed by atoms with Gasteiger partial charge in [-0.25, -0.2) is 4.68 Å². The lowest BCUT2D eigenvalue weighted by molar-refractivity contribution is -0.132. The van der Waals surface area contributed by atoms with Gasteiger partial charge in [0.25, 0.3) is 0 Å². The number of amides is 1. The van der Waals surface area contributed by atoms with Crippen molar-refractivity contribution in [2.24, 2.45) is 13.0 Å². The van der Waals surface area contributed by atoms with Crippen LogP contribution in [0.4, 0.5) is 5.69 Å². The third-order valence-electron chi connectivity index (χ3n) is 5.16. The zero-order valence-electron chi connectivity index (χ0n) is 14.7. The highest BCUT2D eigenvalue weighted by Crippen LogP contribution is 2.39. The van der Waals surface area contributed by atoms with Gasteiger partial charge in [-0.05, 0) is 61.1 Å². The van der Waals surface area contributed by atoms with Crippen LogP contribution in [-0.2, 0) is 11.8 Å². The summed E-state index contributed by atoms with van der Waals surface area (Å²) in [5.74, 6) is 1.61. The van der Waals surface area contributed by atoms with Crippen molar-refractivity contribution in [3.8, 4) is 11.4 Å². The predicted octanol–water partition coefficient (Wildman–Crippen LogP) is 2.08. The molecule has 1 heterocycles. The maximum absolute atomic E-state index is 12.8. The number of carbonyl (C=O) groups is 1. The van der Waals surface area contributed by atoms with Crippen molar-refractivity contribution in [3.05, 3.63) is 24.3 Å². The van der Waals surface area contributed by atoms with Gasteiger partial charge in [-0.3, -0.25) is 4.79 Å². The molecule has 2 fully saturated rings. The van der Waals surface area contributed by atoms with Crippen molar-refractivity contribution in [1.82, 2.24) is 25.1 Å². The maximum Gasteiger partial charge on any atom is 0.242 e. The highest BCUT2D eigenvalue weighted by Gasteiger charge is 2.41. The molecule has 0 saturated heterocycles. The number of aryl methyl sites for hydroxylation is 1. The average molecular weight is 340 g/mol. The topological polar surface area (TPSA) is 75.9 Å². The van der Waals surface area contributed by atoms with Crippen LogP contribution in [0.25, 0.3) is 11.4 Å². The Morgan fingerprint density at radius 2 is 2.16 bits per heavy atom. The van der Waals surface area contributed by atoms with Crippen LogP contribution >= 0.6 is 0 Å². The van der Waals surface area contributed by atoms with Crippen LogP contribution in [0.3, 0.4) is 0 Å². The lowest BCUT2D eigenvalue weighted by Crippen LogP contribution is -2.44. The Morgan fingerprint density at radius 1 is 1.36 bits per heavy atom. The summed E-state index contributed by atoms with van der Waals surface area (Å²) in [4.78, 5) is 14.9. The van der Waals surface area contributed by atoms with E-state index in [0.717, 1.165) is 24.1 Å². The lowest BCUT2D eigenvalue weighted by Gasteiger charge is -2.30. The number of rotatable bonds is 7. The fourth-order valence-electron chi connectivity index (χ4n) is 3.43. The first-order chi connectivity index (χ1) is 12.1. The minimum Gasteiger partial charge on any atom is -0.376 e. The van der Waals surface area contributed by atoms with Crippen molar-refractivity contribution in [2.75, 3.05) is 11.9 Å². The minimum absolute atomic E-state index is 0.202. The van der Waals surface area contributed by atoms with E-state index in [1.807, 2.05) is 31.3 Å². The monoisotopic (exact) mass is 340 g/mol. The smallest absolute Gasteiger partial charge is 0.242 e. The number of nitrogens with zero attached hydrogens (tertiary/aromatic N) is 5. The van der Waals surface area contributed by atoms with Crippen molar-refractivity contribution >= 4 is 11.6 Å². The first-order valence-electron chi connectivity index (χ1n) is 9.01. The van der Waals surface area contributed by atoms with Crippen LogP contribution in [0.5, 0.6) is 0 Å². The van der Waals surface area contributed by atoms with E-state index in [2.05, 4.69) is 32.7 Å². The van der Waals surface area contributed by atoms with Crippen molar-refractivity contribution in [2.45, 2.75) is 44.7 Å². The molecule has 25 heavy (non-hydrogen) atoms. The van der Waals surface area contributed by atoms with Crippen molar-refractivity contribution < 1.29 is 4.79 Å². The standard InChI is InChI=1S/C18H24N6O/c1-12(13-6-7-13)24(16-8-9-16)17(25)11-19-15-5-3-4-14(10-15)18-20-21-22-23(18)2/h3-5,10,12-13,16,19H,6-9,11H2,1-2H3. The summed E-state index contributed by atoms with van der Waals surface area (Å²) >= 11 is 0. The first kappa shape index (κ1) is 16.1. The third kappa shape index (κ3) is 3.50. The molecule has 0 spiro atoms.